The maximum Gasteiger partial charge on any atom is 0.160 e. The van der Waals surface area contributed by atoms with Crippen LogP contribution in [0.25, 0.3) is 106 Å². The van der Waals surface area contributed by atoms with Crippen molar-refractivity contribution in [2.24, 2.45) is 0 Å². The minimum absolute atomic E-state index is 0.700. The molecule has 4 heteroatoms. The van der Waals surface area contributed by atoms with Crippen molar-refractivity contribution < 1.29 is 0 Å². The predicted octanol–water partition coefficient (Wildman–Crippen LogP) is 12.4. The van der Waals surface area contributed by atoms with Gasteiger partial charge in [-0.05, 0) is 86.6 Å². The van der Waals surface area contributed by atoms with Gasteiger partial charge in [-0.3, -0.25) is 4.98 Å². The minimum Gasteiger partial charge on any atom is -0.309 e. The number of aromatic nitrogens is 4. The van der Waals surface area contributed by atoms with Crippen LogP contribution in [0.3, 0.4) is 0 Å². The summed E-state index contributed by atoms with van der Waals surface area (Å²) in [5.74, 6) is 0.700. The molecule has 0 bridgehead atoms. The summed E-state index contributed by atoms with van der Waals surface area (Å²) in [5.41, 5.74) is 15.7. The summed E-state index contributed by atoms with van der Waals surface area (Å²) < 4.78 is 2.41. The first kappa shape index (κ1) is 29.5. The molecule has 3 aromatic heterocycles. The number of hydrogen-bond donors (Lipinski definition) is 0. The first-order valence-corrected chi connectivity index (χ1v) is 17.9. The van der Waals surface area contributed by atoms with Crippen molar-refractivity contribution in [3.8, 4) is 73.0 Å². The topological polar surface area (TPSA) is 43.6 Å². The van der Waals surface area contributed by atoms with Crippen molar-refractivity contribution in [2.75, 3.05) is 0 Å². The third-order valence-corrected chi connectivity index (χ3v) is 10.7. The fraction of sp³-hybridized carbons (Fsp3) is 0. The highest BCUT2D eigenvalue weighted by atomic mass is 15.0. The van der Waals surface area contributed by atoms with E-state index in [1.54, 1.807) is 6.20 Å². The number of para-hydroxylation sites is 1. The Bertz CT molecular complexity index is 3010. The Morgan fingerprint density at radius 1 is 0.396 bits per heavy atom. The number of rotatable bonds is 5. The lowest BCUT2D eigenvalue weighted by Crippen LogP contribution is -1.97. The summed E-state index contributed by atoms with van der Waals surface area (Å²) in [6.45, 7) is 0. The summed E-state index contributed by atoms with van der Waals surface area (Å²) in [7, 11) is 0. The molecule has 0 unspecified atom stereocenters. The third kappa shape index (κ3) is 4.73. The molecule has 53 heavy (non-hydrogen) atoms. The molecule has 11 rings (SSSR count). The van der Waals surface area contributed by atoms with Gasteiger partial charge in [0, 0.05) is 45.5 Å². The molecule has 0 saturated heterocycles. The van der Waals surface area contributed by atoms with Gasteiger partial charge in [-0.25, -0.2) is 9.97 Å². The number of hydrogen-bond acceptors (Lipinski definition) is 3. The van der Waals surface area contributed by atoms with Crippen LogP contribution in [0.15, 0.2) is 182 Å². The molecule has 1 aliphatic carbocycles. The summed E-state index contributed by atoms with van der Waals surface area (Å²) in [6, 6.07) is 60.5. The zero-order valence-electron chi connectivity index (χ0n) is 28.6. The fourth-order valence-electron chi connectivity index (χ4n) is 8.14. The number of pyridine rings is 1. The van der Waals surface area contributed by atoms with Gasteiger partial charge in [-0.2, -0.15) is 0 Å². The van der Waals surface area contributed by atoms with Crippen LogP contribution in [0.5, 0.6) is 0 Å². The Labute approximate surface area is 306 Å². The normalized spacial score (nSPS) is 11.8. The first-order valence-electron chi connectivity index (χ1n) is 17.9. The monoisotopic (exact) mass is 674 g/mol. The lowest BCUT2D eigenvalue weighted by Gasteiger charge is -2.12. The summed E-state index contributed by atoms with van der Waals surface area (Å²) >= 11 is 0. The Balaban J connectivity index is 1.03. The number of benzene rings is 7. The van der Waals surface area contributed by atoms with Crippen LogP contribution >= 0.6 is 0 Å². The van der Waals surface area contributed by atoms with Gasteiger partial charge in [0.1, 0.15) is 0 Å². The van der Waals surface area contributed by atoms with Gasteiger partial charge in [0.25, 0.3) is 0 Å². The van der Waals surface area contributed by atoms with Gasteiger partial charge in [-0.15, -0.1) is 0 Å². The van der Waals surface area contributed by atoms with E-state index in [4.69, 9.17) is 9.97 Å². The summed E-state index contributed by atoms with van der Waals surface area (Å²) in [4.78, 5) is 14.5. The van der Waals surface area contributed by atoms with Crippen molar-refractivity contribution in [2.45, 2.75) is 0 Å². The predicted molar refractivity (Wildman–Crippen MR) is 218 cm³/mol. The molecule has 0 atom stereocenters. The molecule has 1 aliphatic rings. The second-order valence-corrected chi connectivity index (χ2v) is 13.7. The van der Waals surface area contributed by atoms with Crippen LogP contribution < -0.4 is 0 Å². The highest BCUT2D eigenvalue weighted by Crippen LogP contribution is 2.50. The molecule has 0 radical (unpaired) electrons. The molecule has 0 aliphatic heterocycles. The van der Waals surface area contributed by atoms with Crippen molar-refractivity contribution >= 4 is 32.6 Å². The third-order valence-electron chi connectivity index (χ3n) is 10.7. The smallest absolute Gasteiger partial charge is 0.160 e. The fourth-order valence-corrected chi connectivity index (χ4v) is 8.14. The molecular weight excluding hydrogens is 645 g/mol. The first-order chi connectivity index (χ1) is 26.3. The molecule has 0 fully saturated rings. The zero-order valence-corrected chi connectivity index (χ0v) is 28.6. The second-order valence-electron chi connectivity index (χ2n) is 13.7. The summed E-state index contributed by atoms with van der Waals surface area (Å²) in [5, 5.41) is 5.14. The van der Waals surface area contributed by atoms with E-state index in [2.05, 4.69) is 155 Å². The Morgan fingerprint density at radius 3 is 1.75 bits per heavy atom. The molecule has 4 nitrogen and oxygen atoms in total. The van der Waals surface area contributed by atoms with Crippen molar-refractivity contribution in [1.29, 1.82) is 0 Å². The van der Waals surface area contributed by atoms with E-state index in [-0.39, 0.29) is 0 Å². The van der Waals surface area contributed by atoms with Crippen LogP contribution in [0.1, 0.15) is 0 Å². The molecule has 10 aromatic rings. The lowest BCUT2D eigenvalue weighted by molar-refractivity contribution is 1.17. The van der Waals surface area contributed by atoms with E-state index >= 15 is 0 Å². The molecule has 246 valence electrons. The molecule has 3 heterocycles. The minimum atomic E-state index is 0.700. The average Bonchev–Trinajstić information content (AvgIpc) is 3.73. The van der Waals surface area contributed by atoms with E-state index in [0.29, 0.717) is 5.82 Å². The molecule has 0 amide bonds. The van der Waals surface area contributed by atoms with E-state index in [0.717, 1.165) is 44.9 Å². The zero-order chi connectivity index (χ0) is 34.9. The van der Waals surface area contributed by atoms with Crippen LogP contribution in [-0.2, 0) is 0 Å². The number of fused-ring (bicyclic) bond motifs is 6. The lowest BCUT2D eigenvalue weighted by atomic mass is 10.0. The summed E-state index contributed by atoms with van der Waals surface area (Å²) in [6.07, 6.45) is 3.69. The van der Waals surface area contributed by atoms with E-state index in [1.165, 1.54) is 54.8 Å². The molecule has 7 aromatic carbocycles. The van der Waals surface area contributed by atoms with Crippen molar-refractivity contribution in [1.82, 2.24) is 19.5 Å². The SMILES string of the molecule is c1ccc(-c2nc(-c3ccc(-c4cccnc4)cc3)cc(-c3ccc(-n4c5ccccc5c5cc6c(cc54)-c4cccc5cccc-6c45)cc3)n2)cc1. The highest BCUT2D eigenvalue weighted by Gasteiger charge is 2.24. The molecule has 0 spiro atoms. The van der Waals surface area contributed by atoms with Crippen molar-refractivity contribution in [3.63, 3.8) is 0 Å². The van der Waals surface area contributed by atoms with E-state index < -0.39 is 0 Å². The van der Waals surface area contributed by atoms with Gasteiger partial charge in [0.15, 0.2) is 5.82 Å². The van der Waals surface area contributed by atoms with Gasteiger partial charge in [0.2, 0.25) is 0 Å². The van der Waals surface area contributed by atoms with Crippen LogP contribution in [-0.4, -0.2) is 19.5 Å². The average molecular weight is 675 g/mol. The quantitative estimate of drug-likeness (QED) is 0.182. The van der Waals surface area contributed by atoms with Gasteiger partial charge in [0.05, 0.1) is 22.4 Å². The Kier molecular flexibility index (Phi) is 6.52. The van der Waals surface area contributed by atoms with Gasteiger partial charge >= 0.3 is 0 Å². The largest absolute Gasteiger partial charge is 0.309 e. The second kappa shape index (κ2) is 11.7. The maximum absolute atomic E-state index is 5.11. The van der Waals surface area contributed by atoms with Crippen LogP contribution in [0.4, 0.5) is 0 Å². The standard InChI is InChI=1S/C49H30N4/c1-2-9-35(10-3-1)49-51-44(32-20-18-31(19-21-32)36-13-8-26-50-30-36)29-45(52-49)33-22-24-37(25-23-33)53-46-17-5-4-14-38(46)43-27-41-39-15-6-11-34-12-7-16-40(48(34)39)42(41)28-47(43)53/h1-30H. The maximum atomic E-state index is 5.11. The van der Waals surface area contributed by atoms with Gasteiger partial charge < -0.3 is 4.57 Å². The Hall–Kier alpha value is -7.17. The molecule has 0 saturated carbocycles. The van der Waals surface area contributed by atoms with Gasteiger partial charge in [-0.1, -0.05) is 127 Å². The Morgan fingerprint density at radius 2 is 1.04 bits per heavy atom. The van der Waals surface area contributed by atoms with E-state index in [1.807, 2.05) is 30.5 Å². The highest BCUT2D eigenvalue weighted by molar-refractivity contribution is 6.20. The van der Waals surface area contributed by atoms with Crippen molar-refractivity contribution in [3.05, 3.63) is 182 Å². The van der Waals surface area contributed by atoms with E-state index in [9.17, 15) is 0 Å². The molecule has 0 N–H and O–H groups in total. The molecular formula is C49H30N4. The van der Waals surface area contributed by atoms with Crippen LogP contribution in [0, 0.1) is 0 Å². The van der Waals surface area contributed by atoms with Crippen LogP contribution in [0.2, 0.25) is 0 Å². The number of nitrogens with zero attached hydrogens (tertiary/aromatic N) is 4.